The second-order valence-corrected chi connectivity index (χ2v) is 5.75. The summed E-state index contributed by atoms with van der Waals surface area (Å²) < 4.78 is 5.54. The Hall–Kier alpha value is -1.31. The molecule has 0 aromatic heterocycles. The molecular weight excluding hydrogens is 344 g/mol. The molecule has 0 radical (unpaired) electrons. The molecule has 0 saturated heterocycles. The summed E-state index contributed by atoms with van der Waals surface area (Å²) in [6.45, 7) is 1.85. The van der Waals surface area contributed by atoms with Crippen LogP contribution in [0.1, 0.15) is 5.56 Å². The maximum Gasteiger partial charge on any atom is 0.490 e. The van der Waals surface area contributed by atoms with Gasteiger partial charge in [0.05, 0.1) is 0 Å². The van der Waals surface area contributed by atoms with Crippen molar-refractivity contribution in [3.8, 4) is 5.75 Å². The van der Waals surface area contributed by atoms with Crippen LogP contribution in [0.15, 0.2) is 36.4 Å². The average Bonchev–Trinajstić information content (AvgIpc) is 2.44. The van der Waals surface area contributed by atoms with E-state index in [1.54, 1.807) is 24.3 Å². The Bertz CT molecular complexity index is 712. The van der Waals surface area contributed by atoms with Gasteiger partial charge in [-0.15, -0.1) is 0 Å². The molecular formula is C14H12BCl2NO3S. The molecule has 0 heterocycles. The molecule has 0 amide bonds. The highest BCUT2D eigenvalue weighted by Crippen LogP contribution is 2.22. The van der Waals surface area contributed by atoms with E-state index in [9.17, 15) is 10.0 Å². The smallest absolute Gasteiger partial charge is 0.431 e. The van der Waals surface area contributed by atoms with E-state index in [4.69, 9.17) is 40.2 Å². The molecule has 0 unspecified atom stereocenters. The van der Waals surface area contributed by atoms with Gasteiger partial charge < -0.3 is 20.1 Å². The summed E-state index contributed by atoms with van der Waals surface area (Å²) in [5.41, 5.74) is 1.56. The highest BCUT2D eigenvalue weighted by molar-refractivity contribution is 7.80. The first-order valence-corrected chi connectivity index (χ1v) is 7.44. The summed E-state index contributed by atoms with van der Waals surface area (Å²) in [7, 11) is -1.66. The van der Waals surface area contributed by atoms with Gasteiger partial charge in [0, 0.05) is 21.2 Å². The fraction of sp³-hybridized carbons (Fsp3) is 0.0714. The van der Waals surface area contributed by atoms with Gasteiger partial charge in [0.15, 0.2) is 0 Å². The normalized spacial score (nSPS) is 10.2. The molecule has 0 aliphatic heterocycles. The van der Waals surface area contributed by atoms with Crippen LogP contribution in [0.2, 0.25) is 10.0 Å². The first-order valence-electron chi connectivity index (χ1n) is 6.27. The van der Waals surface area contributed by atoms with Crippen molar-refractivity contribution in [2.75, 3.05) is 5.32 Å². The number of rotatable bonds is 3. The monoisotopic (exact) mass is 355 g/mol. The molecule has 0 saturated carbocycles. The summed E-state index contributed by atoms with van der Waals surface area (Å²) >= 11 is 16.9. The number of halogens is 2. The Kier molecular flexibility index (Phi) is 5.66. The lowest BCUT2D eigenvalue weighted by atomic mass is 9.80. The predicted molar refractivity (Wildman–Crippen MR) is 94.3 cm³/mol. The van der Waals surface area contributed by atoms with Gasteiger partial charge in [-0.2, -0.15) is 0 Å². The van der Waals surface area contributed by atoms with Crippen LogP contribution in [0.3, 0.4) is 0 Å². The van der Waals surface area contributed by atoms with E-state index in [1.165, 1.54) is 12.1 Å². The molecule has 3 N–H and O–H groups in total. The topological polar surface area (TPSA) is 61.7 Å². The summed E-state index contributed by atoms with van der Waals surface area (Å²) in [4.78, 5) is 0. The standard InChI is InChI=1S/C14H12BCl2NO3S/c1-8-6-9(16)2-5-13(8)21-14(22)18-10-3-4-12(17)11(7-10)15(19)20/h2-7,19-20H,1H3,(H,18,22). The van der Waals surface area contributed by atoms with Gasteiger partial charge in [0.1, 0.15) is 5.75 Å². The van der Waals surface area contributed by atoms with E-state index in [-0.39, 0.29) is 15.7 Å². The Balaban J connectivity index is 2.10. The zero-order valence-electron chi connectivity index (χ0n) is 11.5. The van der Waals surface area contributed by atoms with Gasteiger partial charge in [-0.1, -0.05) is 23.2 Å². The van der Waals surface area contributed by atoms with Crippen molar-refractivity contribution in [1.82, 2.24) is 0 Å². The molecule has 4 nitrogen and oxygen atoms in total. The first kappa shape index (κ1) is 17.1. The molecule has 114 valence electrons. The van der Waals surface area contributed by atoms with Gasteiger partial charge in [-0.25, -0.2) is 0 Å². The van der Waals surface area contributed by atoms with E-state index in [0.717, 1.165) is 5.56 Å². The van der Waals surface area contributed by atoms with Crippen LogP contribution in [0.5, 0.6) is 5.75 Å². The number of nitrogens with one attached hydrogen (secondary N) is 1. The Labute approximate surface area is 143 Å². The molecule has 0 spiro atoms. The molecule has 2 rings (SSSR count). The van der Waals surface area contributed by atoms with Crippen molar-refractivity contribution in [1.29, 1.82) is 0 Å². The average molecular weight is 356 g/mol. The van der Waals surface area contributed by atoms with E-state index in [1.807, 2.05) is 6.92 Å². The van der Waals surface area contributed by atoms with Crippen LogP contribution in [0.4, 0.5) is 5.69 Å². The predicted octanol–water partition coefficient (Wildman–Crippen LogP) is 2.76. The second-order valence-electron chi connectivity index (χ2n) is 4.53. The largest absolute Gasteiger partial charge is 0.490 e. The number of ether oxygens (including phenoxy) is 1. The van der Waals surface area contributed by atoms with Crippen molar-refractivity contribution in [3.05, 3.63) is 52.0 Å². The number of anilines is 1. The molecule has 0 aliphatic carbocycles. The molecule has 0 atom stereocenters. The van der Waals surface area contributed by atoms with Gasteiger partial charge in [-0.05, 0) is 61.1 Å². The maximum atomic E-state index is 9.23. The van der Waals surface area contributed by atoms with Crippen molar-refractivity contribution < 1.29 is 14.8 Å². The quantitative estimate of drug-likeness (QED) is 0.583. The molecule has 22 heavy (non-hydrogen) atoms. The van der Waals surface area contributed by atoms with Crippen molar-refractivity contribution in [2.24, 2.45) is 0 Å². The van der Waals surface area contributed by atoms with Gasteiger partial charge >= 0.3 is 7.12 Å². The fourth-order valence-corrected chi connectivity index (χ4v) is 2.44. The Morgan fingerprint density at radius 2 is 1.91 bits per heavy atom. The zero-order valence-corrected chi connectivity index (χ0v) is 13.8. The molecule has 8 heteroatoms. The Morgan fingerprint density at radius 1 is 1.18 bits per heavy atom. The lowest BCUT2D eigenvalue weighted by Crippen LogP contribution is -2.31. The maximum absolute atomic E-state index is 9.23. The van der Waals surface area contributed by atoms with Gasteiger partial charge in [0.25, 0.3) is 5.17 Å². The third-order valence-electron chi connectivity index (χ3n) is 2.86. The lowest BCUT2D eigenvalue weighted by Gasteiger charge is -2.13. The van der Waals surface area contributed by atoms with Crippen molar-refractivity contribution >= 4 is 58.9 Å². The minimum atomic E-state index is -1.66. The fourth-order valence-electron chi connectivity index (χ4n) is 1.79. The van der Waals surface area contributed by atoms with E-state index in [2.05, 4.69) is 5.32 Å². The third kappa shape index (κ3) is 4.35. The van der Waals surface area contributed by atoms with E-state index in [0.29, 0.717) is 16.5 Å². The number of aryl methyl sites for hydroxylation is 1. The highest BCUT2D eigenvalue weighted by atomic mass is 35.5. The summed E-state index contributed by atoms with van der Waals surface area (Å²) in [6, 6.07) is 9.86. The molecule has 2 aromatic carbocycles. The second kappa shape index (κ2) is 7.31. The first-order chi connectivity index (χ1) is 10.4. The SMILES string of the molecule is Cc1cc(Cl)ccc1OC(=S)Nc1ccc(Cl)c(B(O)O)c1. The van der Waals surface area contributed by atoms with Crippen molar-refractivity contribution in [3.63, 3.8) is 0 Å². The van der Waals surface area contributed by atoms with Crippen LogP contribution in [-0.4, -0.2) is 22.3 Å². The minimum absolute atomic E-state index is 0.117. The number of benzene rings is 2. The van der Waals surface area contributed by atoms with Crippen LogP contribution >= 0.6 is 35.4 Å². The van der Waals surface area contributed by atoms with E-state index >= 15 is 0 Å². The molecule has 0 aliphatic rings. The molecule has 0 fully saturated rings. The van der Waals surface area contributed by atoms with Crippen LogP contribution < -0.4 is 15.5 Å². The molecule has 0 bridgehead atoms. The number of hydrogen-bond acceptors (Lipinski definition) is 4. The zero-order chi connectivity index (χ0) is 16.3. The third-order valence-corrected chi connectivity index (χ3v) is 3.62. The van der Waals surface area contributed by atoms with Gasteiger partial charge in [-0.3, -0.25) is 0 Å². The highest BCUT2D eigenvalue weighted by Gasteiger charge is 2.16. The summed E-state index contributed by atoms with van der Waals surface area (Å²) in [5.74, 6) is 0.582. The minimum Gasteiger partial charge on any atom is -0.431 e. The summed E-state index contributed by atoms with van der Waals surface area (Å²) in [5, 5.41) is 22.3. The summed E-state index contributed by atoms with van der Waals surface area (Å²) in [6.07, 6.45) is 0. The number of hydrogen-bond donors (Lipinski definition) is 3. The number of thiocarbonyl (C=S) groups is 1. The van der Waals surface area contributed by atoms with Crippen LogP contribution in [-0.2, 0) is 0 Å². The van der Waals surface area contributed by atoms with Crippen molar-refractivity contribution in [2.45, 2.75) is 6.92 Å². The van der Waals surface area contributed by atoms with Gasteiger partial charge in [0.2, 0.25) is 0 Å². The van der Waals surface area contributed by atoms with E-state index < -0.39 is 7.12 Å². The molecule has 2 aromatic rings. The lowest BCUT2D eigenvalue weighted by molar-refractivity contribution is 0.426. The van der Waals surface area contributed by atoms with Crippen LogP contribution in [0, 0.1) is 6.92 Å². The Morgan fingerprint density at radius 3 is 2.55 bits per heavy atom. The van der Waals surface area contributed by atoms with Crippen LogP contribution in [0.25, 0.3) is 0 Å².